The summed E-state index contributed by atoms with van der Waals surface area (Å²) < 4.78 is 13.8. The molecule has 0 spiro atoms. The van der Waals surface area contributed by atoms with Crippen LogP contribution in [0.3, 0.4) is 0 Å². The van der Waals surface area contributed by atoms with Gasteiger partial charge in [-0.15, -0.1) is 9.42 Å². The maximum Gasteiger partial charge on any atom is 0.695 e. The molecule has 0 rings (SSSR count). The Morgan fingerprint density at radius 1 is 1.89 bits per heavy atom. The molecular formula is C2H6N2O4P+. The summed E-state index contributed by atoms with van der Waals surface area (Å²) in [6.45, 7) is -0.345. The molecule has 0 aromatic rings. The van der Waals surface area contributed by atoms with Crippen LogP contribution in [-0.2, 0) is 9.09 Å². The number of nitrogens with two attached hydrogens (primary N) is 1. The minimum absolute atomic E-state index is 0.243. The number of hydrogen-bond donors (Lipinski definition) is 3. The third kappa shape index (κ3) is 5.16. The lowest BCUT2D eigenvalue weighted by molar-refractivity contribution is 0.296. The highest BCUT2D eigenvalue weighted by Crippen LogP contribution is 2.12. The Labute approximate surface area is 51.9 Å². The van der Waals surface area contributed by atoms with Crippen molar-refractivity contribution in [2.45, 2.75) is 0 Å². The monoisotopic (exact) mass is 153 g/mol. The molecule has 0 fully saturated rings. The van der Waals surface area contributed by atoms with Crippen molar-refractivity contribution < 1.29 is 19.2 Å². The zero-order chi connectivity index (χ0) is 7.28. The fraction of sp³-hybridized carbons (Fsp3) is 0.500. The molecule has 0 aromatic carbocycles. The van der Waals surface area contributed by atoms with Crippen LogP contribution >= 0.6 is 8.25 Å². The number of nitrogens with zero attached hydrogens (tertiary/aromatic N) is 1. The highest BCUT2D eigenvalue weighted by atomic mass is 31.1. The van der Waals surface area contributed by atoms with Gasteiger partial charge in [-0.2, -0.15) is 0 Å². The summed E-state index contributed by atoms with van der Waals surface area (Å²) in [5.74, 6) is -0.243. The van der Waals surface area contributed by atoms with Crippen LogP contribution in [0.2, 0.25) is 0 Å². The van der Waals surface area contributed by atoms with Crippen LogP contribution in [0, 0.1) is 0 Å². The first-order valence-corrected chi connectivity index (χ1v) is 3.05. The molecule has 0 saturated heterocycles. The van der Waals surface area contributed by atoms with Gasteiger partial charge in [0.1, 0.15) is 0 Å². The zero-order valence-corrected chi connectivity index (χ0v) is 5.28. The fourth-order valence-corrected chi connectivity index (χ4v) is 0.393. The maximum atomic E-state index is 9.75. The first-order chi connectivity index (χ1) is 4.16. The minimum Gasteiger partial charge on any atom is -0.409 e. The summed E-state index contributed by atoms with van der Waals surface area (Å²) in [7, 11) is -2.66. The normalized spacial score (nSPS) is 13.4. The number of oxime groups is 1. The summed E-state index contributed by atoms with van der Waals surface area (Å²) >= 11 is 0. The molecule has 7 heteroatoms. The lowest BCUT2D eigenvalue weighted by Crippen LogP contribution is -2.16. The molecule has 0 aromatic heterocycles. The van der Waals surface area contributed by atoms with Gasteiger partial charge in [-0.05, 0) is 0 Å². The summed E-state index contributed by atoms with van der Waals surface area (Å²) in [4.78, 5) is 7.99. The topological polar surface area (TPSA) is 105 Å². The van der Waals surface area contributed by atoms with Gasteiger partial charge in [0.05, 0.1) is 0 Å². The summed E-state index contributed by atoms with van der Waals surface area (Å²) in [6, 6.07) is 0. The van der Waals surface area contributed by atoms with Crippen molar-refractivity contribution in [3.05, 3.63) is 0 Å². The van der Waals surface area contributed by atoms with E-state index in [9.17, 15) is 4.57 Å². The van der Waals surface area contributed by atoms with Crippen LogP contribution in [0.25, 0.3) is 0 Å². The SMILES string of the molecule is NC(CO[P+](=O)O)=NO. The van der Waals surface area contributed by atoms with Crippen LogP contribution in [-0.4, -0.2) is 22.5 Å². The van der Waals surface area contributed by atoms with Crippen LogP contribution in [0.1, 0.15) is 0 Å². The van der Waals surface area contributed by atoms with E-state index in [1.54, 1.807) is 0 Å². The Morgan fingerprint density at radius 2 is 2.44 bits per heavy atom. The average molecular weight is 153 g/mol. The average Bonchev–Trinajstić information content (AvgIpc) is 1.83. The summed E-state index contributed by atoms with van der Waals surface area (Å²) in [6.07, 6.45) is 0. The van der Waals surface area contributed by atoms with Gasteiger partial charge >= 0.3 is 8.25 Å². The Balaban J connectivity index is 3.39. The largest absolute Gasteiger partial charge is 0.695 e. The van der Waals surface area contributed by atoms with E-state index in [-0.39, 0.29) is 12.4 Å². The summed E-state index contributed by atoms with van der Waals surface area (Å²) in [5, 5.41) is 10.3. The van der Waals surface area contributed by atoms with Crippen LogP contribution in [0.15, 0.2) is 5.16 Å². The lowest BCUT2D eigenvalue weighted by Gasteiger charge is -1.85. The van der Waals surface area contributed by atoms with Gasteiger partial charge in [0, 0.05) is 4.57 Å². The van der Waals surface area contributed by atoms with Gasteiger partial charge in [-0.25, -0.2) is 0 Å². The van der Waals surface area contributed by atoms with Crippen molar-refractivity contribution in [2.24, 2.45) is 10.9 Å². The minimum atomic E-state index is -2.66. The molecule has 0 aliphatic carbocycles. The Hall–Kier alpha value is -0.710. The second kappa shape index (κ2) is 4.20. The van der Waals surface area contributed by atoms with Crippen molar-refractivity contribution >= 4 is 14.1 Å². The van der Waals surface area contributed by atoms with Crippen molar-refractivity contribution in [2.75, 3.05) is 6.61 Å². The molecule has 0 saturated carbocycles. The first kappa shape index (κ1) is 8.29. The van der Waals surface area contributed by atoms with Crippen molar-refractivity contribution in [3.63, 3.8) is 0 Å². The van der Waals surface area contributed by atoms with E-state index in [1.807, 2.05) is 0 Å². The van der Waals surface area contributed by atoms with Crippen molar-refractivity contribution in [3.8, 4) is 0 Å². The molecule has 0 bridgehead atoms. The highest BCUT2D eigenvalue weighted by Gasteiger charge is 2.12. The molecular weight excluding hydrogens is 147 g/mol. The smallest absolute Gasteiger partial charge is 0.409 e. The predicted octanol–water partition coefficient (Wildman–Crippen LogP) is -0.601. The highest BCUT2D eigenvalue weighted by molar-refractivity contribution is 7.32. The third-order valence-corrected chi connectivity index (χ3v) is 0.801. The molecule has 1 unspecified atom stereocenters. The van der Waals surface area contributed by atoms with E-state index in [4.69, 9.17) is 15.8 Å². The fourth-order valence-electron chi connectivity index (χ4n) is 0.150. The molecule has 0 heterocycles. The number of hydrogen-bond acceptors (Lipinski definition) is 4. The molecule has 52 valence electrons. The molecule has 1 atom stereocenters. The number of rotatable bonds is 3. The van der Waals surface area contributed by atoms with Gasteiger partial charge in [-0.1, -0.05) is 5.16 Å². The molecule has 0 aliphatic heterocycles. The van der Waals surface area contributed by atoms with Crippen LogP contribution < -0.4 is 5.73 Å². The summed E-state index contributed by atoms with van der Waals surface area (Å²) in [5.41, 5.74) is 4.86. The molecule has 4 N–H and O–H groups in total. The Bertz CT molecular complexity index is 135. The third-order valence-electron chi connectivity index (χ3n) is 0.451. The maximum absolute atomic E-state index is 9.75. The second-order valence-electron chi connectivity index (χ2n) is 1.10. The Kier molecular flexibility index (Phi) is 3.87. The van der Waals surface area contributed by atoms with E-state index in [0.717, 1.165) is 0 Å². The Morgan fingerprint density at radius 3 is 2.78 bits per heavy atom. The first-order valence-electron chi connectivity index (χ1n) is 1.92. The zero-order valence-electron chi connectivity index (χ0n) is 4.39. The number of amidine groups is 1. The van der Waals surface area contributed by atoms with E-state index in [2.05, 4.69) is 9.68 Å². The van der Waals surface area contributed by atoms with E-state index in [0.29, 0.717) is 0 Å². The lowest BCUT2D eigenvalue weighted by atomic mass is 10.7. The van der Waals surface area contributed by atoms with Gasteiger partial charge in [0.25, 0.3) is 0 Å². The molecule has 0 aliphatic rings. The van der Waals surface area contributed by atoms with E-state index in [1.165, 1.54) is 0 Å². The molecule has 0 amide bonds. The van der Waals surface area contributed by atoms with E-state index < -0.39 is 8.25 Å². The molecule has 6 nitrogen and oxygen atoms in total. The van der Waals surface area contributed by atoms with Gasteiger partial charge in [0.15, 0.2) is 12.4 Å². The van der Waals surface area contributed by atoms with Crippen LogP contribution in [0.4, 0.5) is 0 Å². The second-order valence-corrected chi connectivity index (χ2v) is 1.84. The van der Waals surface area contributed by atoms with Gasteiger partial charge in [-0.3, -0.25) is 0 Å². The predicted molar refractivity (Wildman–Crippen MR) is 29.2 cm³/mol. The van der Waals surface area contributed by atoms with Gasteiger partial charge in [0.2, 0.25) is 0 Å². The van der Waals surface area contributed by atoms with Crippen molar-refractivity contribution in [1.29, 1.82) is 0 Å². The standard InChI is InChI=1S/C2H5N2O4P/c3-2(4-5)1-8-9(6)7/h1H2,(H3-,3,4,5,6,7)/p+1. The quantitative estimate of drug-likeness (QED) is 0.165. The van der Waals surface area contributed by atoms with Crippen molar-refractivity contribution in [1.82, 2.24) is 0 Å². The molecule has 0 radical (unpaired) electrons. The molecule has 9 heavy (non-hydrogen) atoms. The van der Waals surface area contributed by atoms with Gasteiger partial charge < -0.3 is 10.9 Å². The van der Waals surface area contributed by atoms with Crippen LogP contribution in [0.5, 0.6) is 0 Å². The van der Waals surface area contributed by atoms with E-state index >= 15 is 0 Å².